The Bertz CT molecular complexity index is 515. The molecule has 0 saturated carbocycles. The number of hydrogen-bond acceptors (Lipinski definition) is 5. The highest BCUT2D eigenvalue weighted by atomic mass is 31.0. The van der Waals surface area contributed by atoms with E-state index in [-0.39, 0.29) is 0 Å². The molecule has 0 aliphatic rings. The standard InChI is InChI=1S/C10H14N3O3P/c1-14-7-3-13(5-16-6-17)9-8(7)11-4-12-10(9)15-2/h3-4H,5-6,17H2,1-2H3. The van der Waals surface area contributed by atoms with Crippen LogP contribution in [-0.2, 0) is 11.5 Å². The first-order valence-electron chi connectivity index (χ1n) is 5.01. The quantitative estimate of drug-likeness (QED) is 0.753. The number of aromatic nitrogens is 3. The molecule has 0 amide bonds. The summed E-state index contributed by atoms with van der Waals surface area (Å²) >= 11 is 0. The van der Waals surface area contributed by atoms with Gasteiger partial charge in [0.05, 0.1) is 26.8 Å². The Morgan fingerprint density at radius 1 is 1.29 bits per heavy atom. The molecule has 0 spiro atoms. The second-order valence-corrected chi connectivity index (χ2v) is 3.58. The van der Waals surface area contributed by atoms with Crippen molar-refractivity contribution in [1.29, 1.82) is 0 Å². The van der Waals surface area contributed by atoms with Crippen molar-refractivity contribution in [1.82, 2.24) is 14.5 Å². The molecule has 2 aromatic rings. The highest BCUT2D eigenvalue weighted by Crippen LogP contribution is 2.30. The fourth-order valence-electron chi connectivity index (χ4n) is 1.62. The zero-order chi connectivity index (χ0) is 12.3. The van der Waals surface area contributed by atoms with Crippen molar-refractivity contribution in [2.75, 3.05) is 20.6 Å². The molecule has 17 heavy (non-hydrogen) atoms. The molecule has 6 nitrogen and oxygen atoms in total. The van der Waals surface area contributed by atoms with E-state index >= 15 is 0 Å². The first kappa shape index (κ1) is 12.1. The van der Waals surface area contributed by atoms with Gasteiger partial charge in [-0.25, -0.2) is 4.98 Å². The van der Waals surface area contributed by atoms with Crippen molar-refractivity contribution in [2.24, 2.45) is 0 Å². The van der Waals surface area contributed by atoms with Crippen LogP contribution in [0.2, 0.25) is 0 Å². The Kier molecular flexibility index (Phi) is 3.76. The molecular weight excluding hydrogens is 241 g/mol. The topological polar surface area (TPSA) is 58.4 Å². The monoisotopic (exact) mass is 255 g/mol. The van der Waals surface area contributed by atoms with E-state index in [1.807, 2.05) is 10.8 Å². The molecule has 1 atom stereocenters. The Balaban J connectivity index is 2.57. The van der Waals surface area contributed by atoms with E-state index in [0.717, 1.165) is 5.52 Å². The zero-order valence-electron chi connectivity index (χ0n) is 9.71. The molecule has 0 radical (unpaired) electrons. The highest BCUT2D eigenvalue weighted by Gasteiger charge is 2.15. The first-order valence-corrected chi connectivity index (χ1v) is 5.83. The maximum Gasteiger partial charge on any atom is 0.241 e. The minimum Gasteiger partial charge on any atom is -0.493 e. The van der Waals surface area contributed by atoms with Crippen LogP contribution < -0.4 is 9.47 Å². The Morgan fingerprint density at radius 2 is 2.12 bits per heavy atom. The van der Waals surface area contributed by atoms with Gasteiger partial charge in [0, 0.05) is 0 Å². The van der Waals surface area contributed by atoms with E-state index in [1.165, 1.54) is 6.33 Å². The van der Waals surface area contributed by atoms with Gasteiger partial charge in [-0.2, -0.15) is 4.98 Å². The lowest BCUT2D eigenvalue weighted by atomic mass is 10.4. The van der Waals surface area contributed by atoms with Crippen LogP contribution in [0.15, 0.2) is 12.5 Å². The van der Waals surface area contributed by atoms with E-state index in [2.05, 4.69) is 19.2 Å². The van der Waals surface area contributed by atoms with Gasteiger partial charge < -0.3 is 18.8 Å². The summed E-state index contributed by atoms with van der Waals surface area (Å²) in [4.78, 5) is 8.26. The third kappa shape index (κ3) is 2.18. The van der Waals surface area contributed by atoms with Crippen molar-refractivity contribution in [3.05, 3.63) is 12.5 Å². The normalized spacial score (nSPS) is 10.8. The van der Waals surface area contributed by atoms with Crippen molar-refractivity contribution in [3.8, 4) is 11.6 Å². The second kappa shape index (κ2) is 5.29. The maximum absolute atomic E-state index is 5.34. The van der Waals surface area contributed by atoms with Gasteiger partial charge in [0.1, 0.15) is 24.1 Å². The van der Waals surface area contributed by atoms with Crippen LogP contribution in [0.5, 0.6) is 11.6 Å². The van der Waals surface area contributed by atoms with Crippen LogP contribution >= 0.6 is 9.24 Å². The predicted octanol–water partition coefficient (Wildman–Crippen LogP) is 1.26. The molecular formula is C10H14N3O3P. The minimum atomic E-state index is 0.396. The van der Waals surface area contributed by atoms with Gasteiger partial charge in [-0.15, -0.1) is 9.24 Å². The lowest BCUT2D eigenvalue weighted by Crippen LogP contribution is -2.02. The summed E-state index contributed by atoms with van der Waals surface area (Å²) in [5.41, 5.74) is 1.48. The molecule has 0 aliphatic heterocycles. The van der Waals surface area contributed by atoms with Crippen LogP contribution in [0, 0.1) is 0 Å². The molecule has 92 valence electrons. The zero-order valence-corrected chi connectivity index (χ0v) is 10.9. The van der Waals surface area contributed by atoms with Gasteiger partial charge in [0.2, 0.25) is 5.88 Å². The third-order valence-corrected chi connectivity index (χ3v) is 2.58. The van der Waals surface area contributed by atoms with Crippen LogP contribution in [0.25, 0.3) is 11.0 Å². The number of ether oxygens (including phenoxy) is 3. The second-order valence-electron chi connectivity index (χ2n) is 3.25. The SMILES string of the molecule is COc1cn(COCP)c2c(OC)ncnc12. The summed E-state index contributed by atoms with van der Waals surface area (Å²) in [5.74, 6) is 1.18. The number of hydrogen-bond donors (Lipinski definition) is 0. The van der Waals surface area contributed by atoms with Gasteiger partial charge in [-0.05, 0) is 0 Å². The molecule has 0 aromatic carbocycles. The Labute approximate surface area is 101 Å². The highest BCUT2D eigenvalue weighted by molar-refractivity contribution is 7.16. The van der Waals surface area contributed by atoms with Crippen LogP contribution in [0.1, 0.15) is 0 Å². The van der Waals surface area contributed by atoms with Crippen molar-refractivity contribution in [3.63, 3.8) is 0 Å². The molecule has 2 rings (SSSR count). The molecule has 0 fully saturated rings. The molecule has 0 bridgehead atoms. The van der Waals surface area contributed by atoms with Crippen molar-refractivity contribution < 1.29 is 14.2 Å². The fraction of sp³-hybridized carbons (Fsp3) is 0.400. The molecule has 7 heteroatoms. The predicted molar refractivity (Wildman–Crippen MR) is 66.3 cm³/mol. The molecule has 0 N–H and O–H groups in total. The summed E-state index contributed by atoms with van der Waals surface area (Å²) in [7, 11) is 5.67. The van der Waals surface area contributed by atoms with Gasteiger partial charge in [0.15, 0.2) is 5.75 Å². The van der Waals surface area contributed by atoms with E-state index < -0.39 is 0 Å². The summed E-state index contributed by atoms with van der Waals surface area (Å²) in [6.45, 7) is 0.396. The smallest absolute Gasteiger partial charge is 0.241 e. The fourth-order valence-corrected chi connectivity index (χ4v) is 1.73. The number of fused-ring (bicyclic) bond motifs is 1. The van der Waals surface area contributed by atoms with Gasteiger partial charge in [-0.1, -0.05) is 0 Å². The lowest BCUT2D eigenvalue weighted by Gasteiger charge is -2.06. The summed E-state index contributed by atoms with van der Waals surface area (Å²) in [6.07, 6.45) is 3.82. The number of rotatable bonds is 5. The van der Waals surface area contributed by atoms with Crippen molar-refractivity contribution >= 4 is 20.3 Å². The van der Waals surface area contributed by atoms with Crippen LogP contribution in [0.4, 0.5) is 0 Å². The lowest BCUT2D eigenvalue weighted by molar-refractivity contribution is 0.120. The van der Waals surface area contributed by atoms with Gasteiger partial charge in [0.25, 0.3) is 0 Å². The maximum atomic E-state index is 5.34. The van der Waals surface area contributed by atoms with Crippen LogP contribution in [0.3, 0.4) is 0 Å². The Morgan fingerprint density at radius 3 is 2.76 bits per heavy atom. The van der Waals surface area contributed by atoms with Crippen molar-refractivity contribution in [2.45, 2.75) is 6.73 Å². The minimum absolute atomic E-state index is 0.396. The van der Waals surface area contributed by atoms with E-state index in [9.17, 15) is 0 Å². The number of methoxy groups -OCH3 is 2. The molecule has 2 aromatic heterocycles. The average Bonchev–Trinajstić information content (AvgIpc) is 2.74. The number of nitrogens with zero attached hydrogens (tertiary/aromatic N) is 3. The van der Waals surface area contributed by atoms with E-state index in [4.69, 9.17) is 14.2 Å². The van der Waals surface area contributed by atoms with E-state index in [1.54, 1.807) is 14.2 Å². The molecule has 2 heterocycles. The largest absolute Gasteiger partial charge is 0.493 e. The van der Waals surface area contributed by atoms with Gasteiger partial charge >= 0.3 is 0 Å². The summed E-state index contributed by atoms with van der Waals surface area (Å²) in [5, 5.41) is 0. The Hall–Kier alpha value is -1.39. The third-order valence-electron chi connectivity index (χ3n) is 2.34. The molecule has 0 aliphatic carbocycles. The molecule has 1 unspecified atom stereocenters. The first-order chi connectivity index (χ1) is 8.31. The van der Waals surface area contributed by atoms with Crippen LogP contribution in [-0.4, -0.2) is 35.1 Å². The molecule has 0 saturated heterocycles. The van der Waals surface area contributed by atoms with E-state index in [0.29, 0.717) is 30.2 Å². The average molecular weight is 255 g/mol. The summed E-state index contributed by atoms with van der Waals surface area (Å²) in [6, 6.07) is 0. The summed E-state index contributed by atoms with van der Waals surface area (Å²) < 4.78 is 17.7. The van der Waals surface area contributed by atoms with Gasteiger partial charge in [-0.3, -0.25) is 0 Å².